The molecule has 1 aromatic rings. The van der Waals surface area contributed by atoms with Gasteiger partial charge in [0.1, 0.15) is 6.29 Å². The second-order valence-electron chi connectivity index (χ2n) is 2.85. The highest BCUT2D eigenvalue weighted by molar-refractivity contribution is 5.50. The second-order valence-corrected chi connectivity index (χ2v) is 2.85. The number of rotatable bonds is 4. The van der Waals surface area contributed by atoms with Crippen LogP contribution in [0.3, 0.4) is 0 Å². The minimum absolute atomic E-state index is 0.0371. The molecule has 1 atom stereocenters. The van der Waals surface area contributed by atoms with Gasteiger partial charge in [0.2, 0.25) is 0 Å². The SMILES string of the molecule is CC.N[C@@H](CC=O)Cc1ccccc1. The first-order valence-corrected chi connectivity index (χ1v) is 5.06. The molecular formula is C12H19NO. The summed E-state index contributed by atoms with van der Waals surface area (Å²) in [6.45, 7) is 4.00. The molecule has 0 spiro atoms. The van der Waals surface area contributed by atoms with Crippen LogP contribution in [0.1, 0.15) is 25.8 Å². The summed E-state index contributed by atoms with van der Waals surface area (Å²) in [6.07, 6.45) is 2.09. The Balaban J connectivity index is 0.000000791. The largest absolute Gasteiger partial charge is 0.327 e. The third-order valence-electron chi connectivity index (χ3n) is 1.74. The van der Waals surface area contributed by atoms with E-state index in [0.717, 1.165) is 12.7 Å². The quantitative estimate of drug-likeness (QED) is 0.745. The number of aldehydes is 1. The molecule has 0 radical (unpaired) electrons. The van der Waals surface area contributed by atoms with E-state index in [2.05, 4.69) is 0 Å². The first-order valence-electron chi connectivity index (χ1n) is 5.06. The molecular weight excluding hydrogens is 174 g/mol. The van der Waals surface area contributed by atoms with Gasteiger partial charge in [-0.2, -0.15) is 0 Å². The Labute approximate surface area is 86.1 Å². The summed E-state index contributed by atoms with van der Waals surface area (Å²) in [5.74, 6) is 0. The molecule has 0 aliphatic carbocycles. The van der Waals surface area contributed by atoms with E-state index < -0.39 is 0 Å². The average molecular weight is 193 g/mol. The van der Waals surface area contributed by atoms with Gasteiger partial charge in [0.25, 0.3) is 0 Å². The van der Waals surface area contributed by atoms with Crippen LogP contribution in [0.2, 0.25) is 0 Å². The number of hydrogen-bond donors (Lipinski definition) is 1. The van der Waals surface area contributed by atoms with Gasteiger partial charge in [-0.25, -0.2) is 0 Å². The summed E-state index contributed by atoms with van der Waals surface area (Å²) in [4.78, 5) is 10.1. The average Bonchev–Trinajstić information content (AvgIpc) is 2.22. The van der Waals surface area contributed by atoms with Crippen molar-refractivity contribution in [3.8, 4) is 0 Å². The fraction of sp³-hybridized carbons (Fsp3) is 0.417. The summed E-state index contributed by atoms with van der Waals surface area (Å²) >= 11 is 0. The van der Waals surface area contributed by atoms with Gasteiger partial charge in [0.15, 0.2) is 0 Å². The Hall–Kier alpha value is -1.15. The Morgan fingerprint density at radius 2 is 1.86 bits per heavy atom. The van der Waals surface area contributed by atoms with Crippen LogP contribution in [0, 0.1) is 0 Å². The van der Waals surface area contributed by atoms with E-state index in [1.807, 2.05) is 44.2 Å². The minimum atomic E-state index is -0.0371. The normalized spacial score (nSPS) is 11.1. The zero-order valence-corrected chi connectivity index (χ0v) is 8.94. The fourth-order valence-corrected chi connectivity index (χ4v) is 1.12. The zero-order valence-electron chi connectivity index (χ0n) is 8.94. The van der Waals surface area contributed by atoms with Gasteiger partial charge in [-0.05, 0) is 12.0 Å². The third-order valence-corrected chi connectivity index (χ3v) is 1.74. The number of carbonyl (C=O) groups excluding carboxylic acids is 1. The number of benzene rings is 1. The lowest BCUT2D eigenvalue weighted by atomic mass is 10.1. The lowest BCUT2D eigenvalue weighted by Gasteiger charge is -2.06. The second kappa shape index (κ2) is 8.45. The molecule has 14 heavy (non-hydrogen) atoms. The van der Waals surface area contributed by atoms with Crippen molar-refractivity contribution in [2.24, 2.45) is 5.73 Å². The Morgan fingerprint density at radius 1 is 1.29 bits per heavy atom. The molecule has 0 unspecified atom stereocenters. The molecule has 0 fully saturated rings. The van der Waals surface area contributed by atoms with Gasteiger partial charge in [0.05, 0.1) is 0 Å². The zero-order chi connectivity index (χ0) is 10.8. The van der Waals surface area contributed by atoms with Crippen molar-refractivity contribution >= 4 is 6.29 Å². The maximum Gasteiger partial charge on any atom is 0.121 e. The Bertz CT molecular complexity index is 233. The monoisotopic (exact) mass is 193 g/mol. The van der Waals surface area contributed by atoms with Crippen molar-refractivity contribution < 1.29 is 4.79 Å². The molecule has 1 rings (SSSR count). The van der Waals surface area contributed by atoms with Gasteiger partial charge in [-0.1, -0.05) is 44.2 Å². The predicted octanol–water partition coefficient (Wildman–Crippen LogP) is 2.17. The van der Waals surface area contributed by atoms with E-state index in [0.29, 0.717) is 6.42 Å². The van der Waals surface area contributed by atoms with E-state index >= 15 is 0 Å². The van der Waals surface area contributed by atoms with E-state index in [1.165, 1.54) is 5.56 Å². The molecule has 0 amide bonds. The van der Waals surface area contributed by atoms with Gasteiger partial charge in [-0.3, -0.25) is 0 Å². The molecule has 0 saturated carbocycles. The number of hydrogen-bond acceptors (Lipinski definition) is 2. The Morgan fingerprint density at radius 3 is 2.36 bits per heavy atom. The van der Waals surface area contributed by atoms with Crippen LogP contribution < -0.4 is 5.73 Å². The van der Waals surface area contributed by atoms with Crippen LogP contribution in [-0.4, -0.2) is 12.3 Å². The minimum Gasteiger partial charge on any atom is -0.327 e. The molecule has 0 aliphatic rings. The molecule has 2 nitrogen and oxygen atoms in total. The molecule has 0 aromatic heterocycles. The van der Waals surface area contributed by atoms with E-state index in [9.17, 15) is 4.79 Å². The smallest absolute Gasteiger partial charge is 0.121 e. The van der Waals surface area contributed by atoms with Crippen LogP contribution in [0.15, 0.2) is 30.3 Å². The maximum absolute atomic E-state index is 10.1. The number of nitrogens with two attached hydrogens (primary N) is 1. The molecule has 1 aromatic carbocycles. The summed E-state index contributed by atoms with van der Waals surface area (Å²) in [7, 11) is 0. The third kappa shape index (κ3) is 5.49. The van der Waals surface area contributed by atoms with Crippen molar-refractivity contribution in [3.05, 3.63) is 35.9 Å². The summed E-state index contributed by atoms with van der Waals surface area (Å²) in [5, 5.41) is 0. The van der Waals surface area contributed by atoms with E-state index in [4.69, 9.17) is 5.73 Å². The van der Waals surface area contributed by atoms with Gasteiger partial charge >= 0.3 is 0 Å². The number of carbonyl (C=O) groups is 1. The molecule has 0 saturated heterocycles. The molecule has 0 aliphatic heterocycles. The topological polar surface area (TPSA) is 43.1 Å². The lowest BCUT2D eigenvalue weighted by molar-refractivity contribution is -0.108. The van der Waals surface area contributed by atoms with Crippen LogP contribution >= 0.6 is 0 Å². The van der Waals surface area contributed by atoms with Crippen LogP contribution in [0.5, 0.6) is 0 Å². The van der Waals surface area contributed by atoms with Crippen molar-refractivity contribution in [2.75, 3.05) is 0 Å². The van der Waals surface area contributed by atoms with Gasteiger partial charge in [0, 0.05) is 12.5 Å². The first kappa shape index (κ1) is 12.8. The maximum atomic E-state index is 10.1. The summed E-state index contributed by atoms with van der Waals surface area (Å²) < 4.78 is 0. The molecule has 2 heteroatoms. The van der Waals surface area contributed by atoms with Crippen LogP contribution in [-0.2, 0) is 11.2 Å². The van der Waals surface area contributed by atoms with Crippen molar-refractivity contribution in [1.82, 2.24) is 0 Å². The molecule has 0 bridgehead atoms. The van der Waals surface area contributed by atoms with Crippen LogP contribution in [0.25, 0.3) is 0 Å². The standard InChI is InChI=1S/C10H13NO.C2H6/c11-10(6-7-12)8-9-4-2-1-3-5-9;1-2/h1-5,7,10H,6,8,11H2;1-2H3/t10-;/m0./s1. The van der Waals surface area contributed by atoms with E-state index in [-0.39, 0.29) is 6.04 Å². The summed E-state index contributed by atoms with van der Waals surface area (Å²) in [6, 6.07) is 9.92. The first-order chi connectivity index (χ1) is 6.83. The highest BCUT2D eigenvalue weighted by atomic mass is 16.1. The summed E-state index contributed by atoms with van der Waals surface area (Å²) in [5.41, 5.74) is 6.87. The van der Waals surface area contributed by atoms with Crippen LogP contribution in [0.4, 0.5) is 0 Å². The van der Waals surface area contributed by atoms with E-state index in [1.54, 1.807) is 0 Å². The molecule has 2 N–H and O–H groups in total. The van der Waals surface area contributed by atoms with Crippen molar-refractivity contribution in [1.29, 1.82) is 0 Å². The van der Waals surface area contributed by atoms with Gasteiger partial charge in [-0.15, -0.1) is 0 Å². The fourth-order valence-electron chi connectivity index (χ4n) is 1.12. The highest BCUT2D eigenvalue weighted by Gasteiger charge is 2.01. The Kier molecular flexibility index (Phi) is 7.75. The van der Waals surface area contributed by atoms with Gasteiger partial charge < -0.3 is 10.5 Å². The van der Waals surface area contributed by atoms with Crippen molar-refractivity contribution in [2.45, 2.75) is 32.7 Å². The predicted molar refractivity (Wildman–Crippen MR) is 60.2 cm³/mol. The lowest BCUT2D eigenvalue weighted by Crippen LogP contribution is -2.22. The van der Waals surface area contributed by atoms with Crippen molar-refractivity contribution in [3.63, 3.8) is 0 Å². The molecule has 78 valence electrons. The highest BCUT2D eigenvalue weighted by Crippen LogP contribution is 2.02. The molecule has 0 heterocycles.